The zero-order valence-corrected chi connectivity index (χ0v) is 33.8. The number of Topliss-reactive ketones (excluding diaryl/α,β-unsaturated/α-hetero) is 1. The maximum absolute atomic E-state index is 13.6. The van der Waals surface area contributed by atoms with E-state index in [9.17, 15) is 38.4 Å². The number of ether oxygens (including phenoxy) is 2. The van der Waals surface area contributed by atoms with Gasteiger partial charge in [0.25, 0.3) is 11.8 Å². The van der Waals surface area contributed by atoms with Crippen LogP contribution >= 0.6 is 0 Å². The molecule has 0 saturated carbocycles. The van der Waals surface area contributed by atoms with Crippen LogP contribution in [0.1, 0.15) is 63.5 Å². The van der Waals surface area contributed by atoms with Gasteiger partial charge in [-0.15, -0.1) is 0 Å². The van der Waals surface area contributed by atoms with Gasteiger partial charge in [-0.05, 0) is 61.3 Å². The molecule has 1 heterocycles. The largest absolute Gasteiger partial charge is 0.452 e. The van der Waals surface area contributed by atoms with E-state index in [-0.39, 0.29) is 62.5 Å². The fraction of sp³-hybridized carbons (Fsp3) is 0.463. The molecule has 314 valence electrons. The van der Waals surface area contributed by atoms with Gasteiger partial charge in [0.05, 0.1) is 24.5 Å². The van der Waals surface area contributed by atoms with Crippen molar-refractivity contribution in [1.29, 1.82) is 0 Å². The van der Waals surface area contributed by atoms with Crippen LogP contribution in [0.5, 0.6) is 0 Å². The molecule has 17 heteroatoms. The highest BCUT2D eigenvalue weighted by molar-refractivity contribution is 6.12. The first-order chi connectivity index (χ1) is 27.6. The predicted molar refractivity (Wildman–Crippen MR) is 215 cm³/mol. The Labute approximate surface area is 338 Å². The van der Waals surface area contributed by atoms with E-state index in [1.165, 1.54) is 43.2 Å². The third kappa shape index (κ3) is 14.4. The number of imide groups is 1. The van der Waals surface area contributed by atoms with E-state index in [1.807, 2.05) is 13.8 Å². The summed E-state index contributed by atoms with van der Waals surface area (Å²) in [5.74, 6) is -2.04. The Kier molecular flexibility index (Phi) is 18.4. The number of rotatable bonds is 22. The number of carbonyl (C=O) groups is 8. The number of primary amides is 1. The molecule has 0 saturated heterocycles. The van der Waals surface area contributed by atoms with Crippen molar-refractivity contribution in [3.05, 3.63) is 71.8 Å². The lowest BCUT2D eigenvalue weighted by molar-refractivity contribution is -0.137. The monoisotopic (exact) mass is 805 g/mol. The number of ketones is 1. The first kappa shape index (κ1) is 46.1. The summed E-state index contributed by atoms with van der Waals surface area (Å²) in [6.07, 6.45) is 3.24. The average molecular weight is 806 g/mol. The fourth-order valence-corrected chi connectivity index (χ4v) is 6.25. The van der Waals surface area contributed by atoms with E-state index in [2.05, 4.69) is 16.0 Å². The lowest BCUT2D eigenvalue weighted by Gasteiger charge is -2.25. The van der Waals surface area contributed by atoms with Gasteiger partial charge >= 0.3 is 18.2 Å². The standard InChI is InChI=1S/C41H55N7O10/c1-27(2)30(11-8-22-43-35(50)15-10-24-48-36(51)20-21-37(48)52)38(53)45-31(12-9-23-44-39(42)54)34(49)25-28-16-18-29(19-17-28)26-58-41(56)47(4)33-14-7-6-13-32(33)46(3)40(55)57-5/h6-7,13-14,16-21,27,30-31H,8-12,15,22-26H2,1-5H3,(H,43,50)(H,45,53)(H3,42,44,54)/t30-,31-/m0/s1. The summed E-state index contributed by atoms with van der Waals surface area (Å²) in [5.41, 5.74) is 7.43. The number of benzene rings is 2. The predicted octanol–water partition coefficient (Wildman–Crippen LogP) is 3.58. The highest BCUT2D eigenvalue weighted by atomic mass is 16.6. The molecule has 17 nitrogen and oxygen atoms in total. The SMILES string of the molecule is COC(=O)N(C)c1ccccc1N(C)C(=O)OCc1ccc(CC(=O)[C@H](CCCNC(N)=O)NC(=O)[C@@H](CCCNC(=O)CCCN2C(=O)C=CC2=O)C(C)C)cc1. The summed E-state index contributed by atoms with van der Waals surface area (Å²) in [7, 11) is 4.32. The Morgan fingerprint density at radius 2 is 1.34 bits per heavy atom. The zero-order chi connectivity index (χ0) is 42.8. The van der Waals surface area contributed by atoms with Gasteiger partial charge < -0.3 is 31.2 Å². The van der Waals surface area contributed by atoms with Gasteiger partial charge in [-0.3, -0.25) is 38.7 Å². The maximum Gasteiger partial charge on any atom is 0.414 e. The van der Waals surface area contributed by atoms with Gasteiger partial charge in [-0.25, -0.2) is 14.4 Å². The molecule has 0 aromatic heterocycles. The zero-order valence-electron chi connectivity index (χ0n) is 33.8. The van der Waals surface area contributed by atoms with Crippen molar-refractivity contribution in [1.82, 2.24) is 20.9 Å². The minimum atomic E-state index is -0.843. The summed E-state index contributed by atoms with van der Waals surface area (Å²) >= 11 is 0. The number of carbonyl (C=O) groups excluding carboxylic acids is 8. The molecule has 2 aromatic carbocycles. The highest BCUT2D eigenvalue weighted by Gasteiger charge is 2.28. The van der Waals surface area contributed by atoms with Gasteiger partial charge in [-0.2, -0.15) is 0 Å². The minimum absolute atomic E-state index is 0.0104. The molecular weight excluding hydrogens is 750 g/mol. The van der Waals surface area contributed by atoms with Crippen molar-refractivity contribution in [2.75, 3.05) is 50.6 Å². The van der Waals surface area contributed by atoms with E-state index in [4.69, 9.17) is 15.2 Å². The molecule has 2 atom stereocenters. The molecule has 1 aliphatic heterocycles. The van der Waals surface area contributed by atoms with Gasteiger partial charge in [0.15, 0.2) is 5.78 Å². The average Bonchev–Trinajstić information content (AvgIpc) is 3.52. The Hall–Kier alpha value is -6.26. The number of methoxy groups -OCH3 is 1. The molecule has 0 spiro atoms. The van der Waals surface area contributed by atoms with Gasteiger partial charge in [0.1, 0.15) is 6.61 Å². The van der Waals surface area contributed by atoms with Crippen molar-refractivity contribution in [3.63, 3.8) is 0 Å². The van der Waals surface area contributed by atoms with Crippen LogP contribution < -0.4 is 31.5 Å². The van der Waals surface area contributed by atoms with Crippen LogP contribution in [-0.2, 0) is 46.5 Å². The van der Waals surface area contributed by atoms with Crippen molar-refractivity contribution >= 4 is 59.0 Å². The molecule has 58 heavy (non-hydrogen) atoms. The van der Waals surface area contributed by atoms with E-state index < -0.39 is 42.0 Å². The third-order valence-electron chi connectivity index (χ3n) is 9.61. The second-order valence-electron chi connectivity index (χ2n) is 14.2. The third-order valence-corrected chi connectivity index (χ3v) is 9.61. The number of amides is 8. The second-order valence-corrected chi connectivity index (χ2v) is 14.2. The number of nitrogens with zero attached hydrogens (tertiary/aromatic N) is 3. The second kappa shape index (κ2) is 23.1. The van der Waals surface area contributed by atoms with Crippen LogP contribution in [0.3, 0.4) is 0 Å². The quantitative estimate of drug-likeness (QED) is 0.0999. The normalized spacial score (nSPS) is 13.1. The Morgan fingerprint density at radius 1 is 0.776 bits per heavy atom. The van der Waals surface area contributed by atoms with Crippen molar-refractivity contribution in [2.24, 2.45) is 17.6 Å². The summed E-state index contributed by atoms with van der Waals surface area (Å²) in [6.45, 7) is 4.47. The summed E-state index contributed by atoms with van der Waals surface area (Å²) in [4.78, 5) is 103. The molecule has 0 aliphatic carbocycles. The molecule has 5 N–H and O–H groups in total. The van der Waals surface area contributed by atoms with Crippen LogP contribution in [0.15, 0.2) is 60.7 Å². The highest BCUT2D eigenvalue weighted by Crippen LogP contribution is 2.29. The first-order valence-electron chi connectivity index (χ1n) is 19.2. The van der Waals surface area contributed by atoms with Crippen LogP contribution in [-0.4, -0.2) is 99.4 Å². The molecule has 0 bridgehead atoms. The molecular formula is C41H55N7O10. The number of para-hydroxylation sites is 2. The van der Waals surface area contributed by atoms with Crippen molar-refractivity contribution in [3.8, 4) is 0 Å². The number of anilines is 2. The number of hydrogen-bond acceptors (Lipinski definition) is 10. The number of nitrogens with two attached hydrogens (primary N) is 1. The smallest absolute Gasteiger partial charge is 0.414 e. The molecule has 0 radical (unpaired) electrons. The molecule has 0 unspecified atom stereocenters. The van der Waals surface area contributed by atoms with E-state index in [0.717, 1.165) is 4.90 Å². The number of nitrogens with one attached hydrogen (secondary N) is 3. The lowest BCUT2D eigenvalue weighted by atomic mass is 9.89. The van der Waals surface area contributed by atoms with Crippen LogP contribution in [0.2, 0.25) is 0 Å². The van der Waals surface area contributed by atoms with Crippen LogP contribution in [0, 0.1) is 11.8 Å². The summed E-state index contributed by atoms with van der Waals surface area (Å²) in [6, 6.07) is 12.2. The molecule has 2 aromatic rings. The molecule has 8 amide bonds. The van der Waals surface area contributed by atoms with Gasteiger partial charge in [0.2, 0.25) is 11.8 Å². The van der Waals surface area contributed by atoms with Crippen LogP contribution in [0.25, 0.3) is 0 Å². The summed E-state index contributed by atoms with van der Waals surface area (Å²) < 4.78 is 10.3. The number of hydrogen-bond donors (Lipinski definition) is 4. The maximum atomic E-state index is 13.6. The van der Waals surface area contributed by atoms with Gasteiger partial charge in [0, 0.05) is 64.6 Å². The molecule has 0 fully saturated rings. The first-order valence-corrected chi connectivity index (χ1v) is 19.2. The Bertz CT molecular complexity index is 1800. The van der Waals surface area contributed by atoms with E-state index >= 15 is 0 Å². The fourth-order valence-electron chi connectivity index (χ4n) is 6.25. The van der Waals surface area contributed by atoms with E-state index in [0.29, 0.717) is 54.7 Å². The molecule has 1 aliphatic rings. The van der Waals surface area contributed by atoms with Crippen molar-refractivity contribution < 1.29 is 47.8 Å². The van der Waals surface area contributed by atoms with Crippen LogP contribution in [0.4, 0.5) is 25.8 Å². The Morgan fingerprint density at radius 3 is 1.93 bits per heavy atom. The van der Waals surface area contributed by atoms with Crippen molar-refractivity contribution in [2.45, 2.75) is 71.4 Å². The van der Waals surface area contributed by atoms with Gasteiger partial charge in [-0.1, -0.05) is 50.2 Å². The minimum Gasteiger partial charge on any atom is -0.452 e. The van der Waals surface area contributed by atoms with E-state index in [1.54, 1.807) is 48.5 Å². The summed E-state index contributed by atoms with van der Waals surface area (Å²) in [5, 5.41) is 8.25. The number of urea groups is 1. The lowest BCUT2D eigenvalue weighted by Crippen LogP contribution is -2.46. The Balaban J connectivity index is 1.54. The molecule has 3 rings (SSSR count). The topological polar surface area (TPSA) is 227 Å².